The van der Waals surface area contributed by atoms with Crippen LogP contribution in [0.3, 0.4) is 0 Å². The highest BCUT2D eigenvalue weighted by Crippen LogP contribution is 2.05. The first-order valence-electron chi connectivity index (χ1n) is 5.78. The predicted octanol–water partition coefficient (Wildman–Crippen LogP) is 2.16. The van der Waals surface area contributed by atoms with Crippen LogP contribution < -0.4 is 0 Å². The largest absolute Gasteiger partial charge is 0.299 e. The van der Waals surface area contributed by atoms with E-state index in [2.05, 4.69) is 5.10 Å². The van der Waals surface area contributed by atoms with Gasteiger partial charge in [0.1, 0.15) is 5.78 Å². The van der Waals surface area contributed by atoms with Crippen molar-refractivity contribution in [1.82, 2.24) is 9.78 Å². The fourth-order valence-electron chi connectivity index (χ4n) is 1.78. The van der Waals surface area contributed by atoms with Crippen molar-refractivity contribution in [2.24, 2.45) is 7.05 Å². The highest BCUT2D eigenvalue weighted by molar-refractivity contribution is 5.80. The predicted molar refractivity (Wildman–Crippen MR) is 66.7 cm³/mol. The molecule has 1 heterocycles. The van der Waals surface area contributed by atoms with E-state index in [1.165, 1.54) is 5.56 Å². The molecule has 0 bridgehead atoms. The Morgan fingerprint density at radius 2 is 2.00 bits per heavy atom. The minimum Gasteiger partial charge on any atom is -0.299 e. The molecular weight excluding hydrogens is 212 g/mol. The summed E-state index contributed by atoms with van der Waals surface area (Å²) in [7, 11) is 1.86. The smallest absolute Gasteiger partial charge is 0.139 e. The minimum atomic E-state index is 0.243. The highest BCUT2D eigenvalue weighted by Gasteiger charge is 2.06. The molecule has 0 spiro atoms. The van der Waals surface area contributed by atoms with Gasteiger partial charge in [-0.05, 0) is 18.1 Å². The molecule has 0 N–H and O–H groups in total. The molecule has 0 aliphatic carbocycles. The molecule has 0 saturated carbocycles. The van der Waals surface area contributed by atoms with Crippen LogP contribution in [0.1, 0.15) is 17.7 Å². The van der Waals surface area contributed by atoms with Crippen molar-refractivity contribution < 1.29 is 4.79 Å². The van der Waals surface area contributed by atoms with E-state index in [1.54, 1.807) is 4.68 Å². The van der Waals surface area contributed by atoms with Crippen LogP contribution in [0, 0.1) is 0 Å². The van der Waals surface area contributed by atoms with E-state index in [0.29, 0.717) is 12.8 Å². The first kappa shape index (κ1) is 11.6. The van der Waals surface area contributed by atoms with Crippen molar-refractivity contribution in [3.05, 3.63) is 53.9 Å². The average molecular weight is 228 g/mol. The Balaban J connectivity index is 1.82. The zero-order valence-corrected chi connectivity index (χ0v) is 9.97. The minimum absolute atomic E-state index is 0.243. The van der Waals surface area contributed by atoms with Gasteiger partial charge in [-0.15, -0.1) is 0 Å². The van der Waals surface area contributed by atoms with Gasteiger partial charge in [0.15, 0.2) is 0 Å². The standard InChI is InChI=1S/C14H16N2O/c1-16-10-9-13(15-16)11-14(17)8-7-12-5-3-2-4-6-12/h2-6,9-10H,7-8,11H2,1H3. The second-order valence-electron chi connectivity index (χ2n) is 4.18. The summed E-state index contributed by atoms with van der Waals surface area (Å²) in [5, 5.41) is 4.20. The summed E-state index contributed by atoms with van der Waals surface area (Å²) in [5.41, 5.74) is 2.06. The molecule has 17 heavy (non-hydrogen) atoms. The van der Waals surface area contributed by atoms with Crippen LogP contribution in [0.25, 0.3) is 0 Å². The second kappa shape index (κ2) is 5.43. The van der Waals surface area contributed by atoms with Gasteiger partial charge in [-0.3, -0.25) is 9.48 Å². The number of hydrogen-bond acceptors (Lipinski definition) is 2. The van der Waals surface area contributed by atoms with E-state index in [-0.39, 0.29) is 5.78 Å². The van der Waals surface area contributed by atoms with Gasteiger partial charge in [0.2, 0.25) is 0 Å². The number of carbonyl (C=O) groups is 1. The number of ketones is 1. The second-order valence-corrected chi connectivity index (χ2v) is 4.18. The Labute approximate surface area is 101 Å². The lowest BCUT2D eigenvalue weighted by Gasteiger charge is -2.00. The number of aryl methyl sites for hydroxylation is 2. The van der Waals surface area contributed by atoms with Gasteiger partial charge in [-0.2, -0.15) is 5.10 Å². The number of nitrogens with zero attached hydrogens (tertiary/aromatic N) is 2. The zero-order valence-electron chi connectivity index (χ0n) is 9.97. The summed E-state index contributed by atoms with van der Waals surface area (Å²) < 4.78 is 1.72. The van der Waals surface area contributed by atoms with Crippen molar-refractivity contribution in [3.63, 3.8) is 0 Å². The molecule has 2 rings (SSSR count). The molecule has 0 saturated heterocycles. The van der Waals surface area contributed by atoms with Gasteiger partial charge in [-0.1, -0.05) is 30.3 Å². The summed E-state index contributed by atoms with van der Waals surface area (Å²) in [5.74, 6) is 0.243. The zero-order chi connectivity index (χ0) is 12.1. The first-order valence-corrected chi connectivity index (χ1v) is 5.78. The third-order valence-corrected chi connectivity index (χ3v) is 2.68. The van der Waals surface area contributed by atoms with Crippen LogP contribution in [0.15, 0.2) is 42.6 Å². The van der Waals surface area contributed by atoms with E-state index in [9.17, 15) is 4.79 Å². The van der Waals surface area contributed by atoms with Gasteiger partial charge >= 0.3 is 0 Å². The SMILES string of the molecule is Cn1ccc(CC(=O)CCc2ccccc2)n1. The maximum atomic E-state index is 11.7. The average Bonchev–Trinajstić information content (AvgIpc) is 2.73. The summed E-state index contributed by atoms with van der Waals surface area (Å²) in [6.45, 7) is 0. The molecule has 88 valence electrons. The van der Waals surface area contributed by atoms with Crippen molar-refractivity contribution >= 4 is 5.78 Å². The van der Waals surface area contributed by atoms with E-state index in [4.69, 9.17) is 0 Å². The number of benzene rings is 1. The fourth-order valence-corrected chi connectivity index (χ4v) is 1.78. The van der Waals surface area contributed by atoms with Crippen LogP contribution in [0.4, 0.5) is 0 Å². The molecule has 0 aliphatic rings. The van der Waals surface area contributed by atoms with Crippen LogP contribution in [-0.2, 0) is 24.7 Å². The third-order valence-electron chi connectivity index (χ3n) is 2.68. The van der Waals surface area contributed by atoms with Gasteiger partial charge in [0.05, 0.1) is 12.1 Å². The van der Waals surface area contributed by atoms with Gasteiger partial charge in [-0.25, -0.2) is 0 Å². The molecule has 2 aromatic rings. The van der Waals surface area contributed by atoms with Gasteiger partial charge in [0.25, 0.3) is 0 Å². The number of rotatable bonds is 5. The van der Waals surface area contributed by atoms with E-state index >= 15 is 0 Å². The maximum Gasteiger partial charge on any atom is 0.139 e. The third kappa shape index (κ3) is 3.55. The maximum absolute atomic E-state index is 11.7. The Morgan fingerprint density at radius 1 is 1.24 bits per heavy atom. The summed E-state index contributed by atoms with van der Waals surface area (Å²) >= 11 is 0. The summed E-state index contributed by atoms with van der Waals surface area (Å²) in [6.07, 6.45) is 3.70. The first-order chi connectivity index (χ1) is 8.24. The van der Waals surface area contributed by atoms with Gasteiger partial charge < -0.3 is 0 Å². The van der Waals surface area contributed by atoms with E-state index < -0.39 is 0 Å². The molecule has 0 aliphatic heterocycles. The van der Waals surface area contributed by atoms with Crippen molar-refractivity contribution in [3.8, 4) is 0 Å². The Kier molecular flexibility index (Phi) is 3.70. The summed E-state index contributed by atoms with van der Waals surface area (Å²) in [4.78, 5) is 11.7. The number of hydrogen-bond donors (Lipinski definition) is 0. The molecule has 0 amide bonds. The van der Waals surface area contributed by atoms with Crippen molar-refractivity contribution in [2.45, 2.75) is 19.3 Å². The lowest BCUT2D eigenvalue weighted by atomic mass is 10.1. The van der Waals surface area contributed by atoms with Gasteiger partial charge in [0, 0.05) is 19.7 Å². The topological polar surface area (TPSA) is 34.9 Å². The summed E-state index contributed by atoms with van der Waals surface area (Å²) in [6, 6.07) is 12.0. The Morgan fingerprint density at radius 3 is 2.65 bits per heavy atom. The molecule has 1 aromatic heterocycles. The van der Waals surface area contributed by atoms with Crippen LogP contribution in [-0.4, -0.2) is 15.6 Å². The molecule has 0 radical (unpaired) electrons. The number of Topliss-reactive ketones (excluding diaryl/α,β-unsaturated/α-hetero) is 1. The molecule has 3 heteroatoms. The monoisotopic (exact) mass is 228 g/mol. The molecule has 3 nitrogen and oxygen atoms in total. The molecule has 0 fully saturated rings. The molecule has 0 atom stereocenters. The Bertz CT molecular complexity index is 488. The lowest BCUT2D eigenvalue weighted by molar-refractivity contribution is -0.118. The number of aromatic nitrogens is 2. The van der Waals surface area contributed by atoms with Crippen molar-refractivity contribution in [1.29, 1.82) is 0 Å². The molecule has 0 unspecified atom stereocenters. The molecular formula is C14H16N2O. The fraction of sp³-hybridized carbons (Fsp3) is 0.286. The number of carbonyl (C=O) groups excluding carboxylic acids is 1. The van der Waals surface area contributed by atoms with E-state index in [0.717, 1.165) is 12.1 Å². The highest BCUT2D eigenvalue weighted by atomic mass is 16.1. The van der Waals surface area contributed by atoms with Crippen LogP contribution >= 0.6 is 0 Å². The van der Waals surface area contributed by atoms with Crippen molar-refractivity contribution in [2.75, 3.05) is 0 Å². The lowest BCUT2D eigenvalue weighted by Crippen LogP contribution is -2.05. The van der Waals surface area contributed by atoms with E-state index in [1.807, 2.05) is 49.6 Å². The van der Waals surface area contributed by atoms with Crippen LogP contribution in [0.5, 0.6) is 0 Å². The van der Waals surface area contributed by atoms with Crippen LogP contribution in [0.2, 0.25) is 0 Å². The molecule has 1 aromatic carbocycles. The normalized spacial score (nSPS) is 10.4. The quantitative estimate of drug-likeness (QED) is 0.786. The Hall–Kier alpha value is -1.90.